The Kier molecular flexibility index (Phi) is 6.00. The van der Waals surface area contributed by atoms with E-state index < -0.39 is 0 Å². The highest BCUT2D eigenvalue weighted by atomic mass is 16.3. The largest absolute Gasteiger partial charge is 0.393 e. The van der Waals surface area contributed by atoms with Crippen molar-refractivity contribution < 1.29 is 9.90 Å². The number of carbonyl (C=O) groups excluding carboxylic acids is 1. The maximum atomic E-state index is 13.3. The van der Waals surface area contributed by atoms with E-state index in [0.717, 1.165) is 37.5 Å². The number of carbonyl (C=O) groups is 1. The fraction of sp³-hybridized carbons (Fsp3) is 0.964. The number of rotatable bonds is 5. The van der Waals surface area contributed by atoms with Gasteiger partial charge in [0, 0.05) is 12.3 Å². The van der Waals surface area contributed by atoms with Crippen LogP contribution in [0.4, 0.5) is 0 Å². The Bertz CT molecular complexity index is 653. The fourth-order valence-corrected chi connectivity index (χ4v) is 9.14. The van der Waals surface area contributed by atoms with Crippen molar-refractivity contribution in [3.8, 4) is 0 Å². The summed E-state index contributed by atoms with van der Waals surface area (Å²) in [6.07, 6.45) is 13.0. The van der Waals surface area contributed by atoms with Crippen LogP contribution >= 0.6 is 0 Å². The molecule has 4 aliphatic rings. The molecule has 30 heavy (non-hydrogen) atoms. The van der Waals surface area contributed by atoms with E-state index in [2.05, 4.69) is 41.5 Å². The van der Waals surface area contributed by atoms with Crippen LogP contribution < -0.4 is 0 Å². The van der Waals surface area contributed by atoms with Crippen molar-refractivity contribution in [2.24, 2.45) is 51.8 Å². The number of hydrogen-bond acceptors (Lipinski definition) is 2. The van der Waals surface area contributed by atoms with E-state index in [-0.39, 0.29) is 16.9 Å². The first-order valence-corrected chi connectivity index (χ1v) is 13.3. The molecule has 0 amide bonds. The first kappa shape index (κ1) is 22.8. The van der Waals surface area contributed by atoms with Crippen LogP contribution in [0.15, 0.2) is 0 Å². The predicted molar refractivity (Wildman–Crippen MR) is 124 cm³/mol. The van der Waals surface area contributed by atoms with E-state index >= 15 is 0 Å². The molecule has 4 fully saturated rings. The molecule has 0 bridgehead atoms. The highest BCUT2D eigenvalue weighted by molar-refractivity contribution is 5.83. The summed E-state index contributed by atoms with van der Waals surface area (Å²) >= 11 is 0. The summed E-state index contributed by atoms with van der Waals surface area (Å²) in [5, 5.41) is 10.9. The Hall–Kier alpha value is -0.370. The first-order valence-electron chi connectivity index (χ1n) is 13.3. The molecule has 4 rings (SSSR count). The smallest absolute Gasteiger partial charge is 0.136 e. The van der Waals surface area contributed by atoms with Gasteiger partial charge in [0.15, 0.2) is 0 Å². The molecule has 172 valence electrons. The number of fused-ring (bicyclic) bond motifs is 5. The van der Waals surface area contributed by atoms with Gasteiger partial charge < -0.3 is 5.11 Å². The molecular formula is C28H48O2. The van der Waals surface area contributed by atoms with Crippen LogP contribution in [0.3, 0.4) is 0 Å². The summed E-state index contributed by atoms with van der Waals surface area (Å²) in [6.45, 7) is 14.1. The van der Waals surface area contributed by atoms with Crippen LogP contribution in [0, 0.1) is 51.8 Å². The molecule has 0 saturated heterocycles. The monoisotopic (exact) mass is 416 g/mol. The Morgan fingerprint density at radius 3 is 2.43 bits per heavy atom. The van der Waals surface area contributed by atoms with Gasteiger partial charge in [-0.3, -0.25) is 4.79 Å². The zero-order chi connectivity index (χ0) is 21.9. The van der Waals surface area contributed by atoms with Crippen molar-refractivity contribution in [2.45, 2.75) is 118 Å². The van der Waals surface area contributed by atoms with Gasteiger partial charge in [0.2, 0.25) is 0 Å². The molecule has 0 heterocycles. The molecule has 1 N–H and O–H groups in total. The minimum Gasteiger partial charge on any atom is -0.393 e. The average molecular weight is 417 g/mol. The minimum atomic E-state index is -0.213. The quantitative estimate of drug-likeness (QED) is 0.522. The van der Waals surface area contributed by atoms with Gasteiger partial charge in [-0.1, -0.05) is 54.4 Å². The summed E-state index contributed by atoms with van der Waals surface area (Å²) in [5.74, 6) is 4.37. The van der Waals surface area contributed by atoms with E-state index in [1.807, 2.05) is 0 Å². The molecule has 0 aromatic rings. The van der Waals surface area contributed by atoms with Crippen molar-refractivity contribution in [1.29, 1.82) is 0 Å². The topological polar surface area (TPSA) is 37.3 Å². The van der Waals surface area contributed by atoms with Gasteiger partial charge in [0.05, 0.1) is 6.10 Å². The van der Waals surface area contributed by atoms with E-state index in [0.29, 0.717) is 34.9 Å². The third-order valence-corrected chi connectivity index (χ3v) is 11.5. The third kappa shape index (κ3) is 3.43. The maximum absolute atomic E-state index is 13.3. The van der Waals surface area contributed by atoms with Gasteiger partial charge in [0.1, 0.15) is 5.78 Å². The Labute approximate surface area is 186 Å². The normalized spacial score (nSPS) is 46.0. The molecule has 0 spiro atoms. The molecule has 0 radical (unpaired) electrons. The number of Topliss-reactive ketones (excluding diaryl/α,β-unsaturated/α-hetero) is 1. The molecule has 0 aromatic heterocycles. The SMILES string of the molecule is CCC(C)(C)C(O)C[C@@H](C)[C@H]1CC[C@H]2[C@@H]3CC(=O)[C@H]4CCCC[C@]4(C)[C@H]3CC[C@]12C. The number of ketones is 1. The second-order valence-corrected chi connectivity index (χ2v) is 13.2. The third-order valence-electron chi connectivity index (χ3n) is 11.5. The van der Waals surface area contributed by atoms with Crippen molar-refractivity contribution >= 4 is 5.78 Å². The summed E-state index contributed by atoms with van der Waals surface area (Å²) in [6, 6.07) is 0. The molecule has 2 heteroatoms. The lowest BCUT2D eigenvalue weighted by molar-refractivity contribution is -0.154. The summed E-state index contributed by atoms with van der Waals surface area (Å²) in [4.78, 5) is 13.3. The Balaban J connectivity index is 1.53. The lowest BCUT2D eigenvalue weighted by Crippen LogP contribution is -2.56. The molecule has 4 aliphatic carbocycles. The van der Waals surface area contributed by atoms with Gasteiger partial charge in [-0.25, -0.2) is 0 Å². The lowest BCUT2D eigenvalue weighted by Gasteiger charge is -2.60. The van der Waals surface area contributed by atoms with Gasteiger partial charge in [0.25, 0.3) is 0 Å². The van der Waals surface area contributed by atoms with Crippen LogP contribution in [0.1, 0.15) is 112 Å². The van der Waals surface area contributed by atoms with Crippen LogP contribution in [0.5, 0.6) is 0 Å². The summed E-state index contributed by atoms with van der Waals surface area (Å²) in [7, 11) is 0. The van der Waals surface area contributed by atoms with E-state index in [9.17, 15) is 9.90 Å². The Morgan fingerprint density at radius 1 is 1.03 bits per heavy atom. The van der Waals surface area contributed by atoms with Gasteiger partial charge in [-0.05, 0) is 97.2 Å². The average Bonchev–Trinajstić information content (AvgIpc) is 3.05. The zero-order valence-electron chi connectivity index (χ0n) is 20.7. The molecule has 0 aliphatic heterocycles. The minimum absolute atomic E-state index is 0.00517. The van der Waals surface area contributed by atoms with E-state index in [1.54, 1.807) is 0 Å². The van der Waals surface area contributed by atoms with Crippen molar-refractivity contribution in [2.75, 3.05) is 0 Å². The summed E-state index contributed by atoms with van der Waals surface area (Å²) < 4.78 is 0. The standard InChI is InChI=1S/C28H48O2/c1-7-26(3,4)25(30)16-18(2)20-11-12-21-19-17-24(29)23-10-8-9-14-27(23,5)22(19)13-15-28(20,21)6/h18-23,25,30H,7-17H2,1-6H3/t18-,19+,20-,21+,22+,23-,25?,27-,28-/m1/s1. The van der Waals surface area contributed by atoms with Gasteiger partial charge >= 0.3 is 0 Å². The maximum Gasteiger partial charge on any atom is 0.136 e. The number of aliphatic hydroxyl groups is 1. The van der Waals surface area contributed by atoms with E-state index in [1.165, 1.54) is 44.9 Å². The Morgan fingerprint density at radius 2 is 1.73 bits per heavy atom. The van der Waals surface area contributed by atoms with Gasteiger partial charge in [-0.15, -0.1) is 0 Å². The van der Waals surface area contributed by atoms with E-state index in [4.69, 9.17) is 0 Å². The highest BCUT2D eigenvalue weighted by Crippen LogP contribution is 2.67. The molecule has 1 unspecified atom stereocenters. The fourth-order valence-electron chi connectivity index (χ4n) is 9.14. The van der Waals surface area contributed by atoms with Crippen LogP contribution in [0.2, 0.25) is 0 Å². The second kappa shape index (κ2) is 7.89. The molecule has 4 saturated carbocycles. The highest BCUT2D eigenvalue weighted by Gasteiger charge is 2.62. The molecule has 9 atom stereocenters. The molecule has 0 aromatic carbocycles. The zero-order valence-corrected chi connectivity index (χ0v) is 20.7. The molecule has 2 nitrogen and oxygen atoms in total. The van der Waals surface area contributed by atoms with Crippen LogP contribution in [-0.4, -0.2) is 17.0 Å². The molecular weight excluding hydrogens is 368 g/mol. The first-order chi connectivity index (χ1) is 14.0. The second-order valence-electron chi connectivity index (χ2n) is 13.2. The number of hydrogen-bond donors (Lipinski definition) is 1. The van der Waals surface area contributed by atoms with Crippen molar-refractivity contribution in [3.05, 3.63) is 0 Å². The lowest BCUT2D eigenvalue weighted by atomic mass is 9.44. The number of aliphatic hydroxyl groups excluding tert-OH is 1. The summed E-state index contributed by atoms with van der Waals surface area (Å²) in [5.41, 5.74) is 0.657. The van der Waals surface area contributed by atoms with Crippen molar-refractivity contribution in [3.63, 3.8) is 0 Å². The van der Waals surface area contributed by atoms with Crippen molar-refractivity contribution in [1.82, 2.24) is 0 Å². The predicted octanol–water partition coefficient (Wildman–Crippen LogP) is 7.04. The van der Waals surface area contributed by atoms with Gasteiger partial charge in [-0.2, -0.15) is 0 Å². The van der Waals surface area contributed by atoms with Crippen LogP contribution in [-0.2, 0) is 4.79 Å². The van der Waals surface area contributed by atoms with Crippen LogP contribution in [0.25, 0.3) is 0 Å².